The van der Waals surface area contributed by atoms with E-state index in [9.17, 15) is 9.18 Å². The van der Waals surface area contributed by atoms with Gasteiger partial charge in [0.15, 0.2) is 0 Å². The molecule has 0 bridgehead atoms. The molecule has 4 heteroatoms. The van der Waals surface area contributed by atoms with Crippen LogP contribution in [-0.4, -0.2) is 13.0 Å². The minimum atomic E-state index is -0.593. The van der Waals surface area contributed by atoms with E-state index in [1.165, 1.54) is 6.07 Å². The van der Waals surface area contributed by atoms with E-state index in [1.807, 2.05) is 30.3 Å². The lowest BCUT2D eigenvalue weighted by molar-refractivity contribution is -0.122. The van der Waals surface area contributed by atoms with Gasteiger partial charge in [-0.3, -0.25) is 4.79 Å². The van der Waals surface area contributed by atoms with Crippen molar-refractivity contribution in [2.75, 3.05) is 7.11 Å². The molecular weight excluding hydrogens is 305 g/mol. The van der Waals surface area contributed by atoms with Crippen LogP contribution in [0.1, 0.15) is 36.8 Å². The van der Waals surface area contributed by atoms with Gasteiger partial charge in [-0.2, -0.15) is 0 Å². The van der Waals surface area contributed by atoms with Crippen molar-refractivity contribution < 1.29 is 13.9 Å². The summed E-state index contributed by atoms with van der Waals surface area (Å²) in [5.74, 6) is 0.334. The highest BCUT2D eigenvalue weighted by Gasteiger charge is 2.38. The van der Waals surface area contributed by atoms with E-state index in [0.717, 1.165) is 31.2 Å². The van der Waals surface area contributed by atoms with Gasteiger partial charge in [0.2, 0.25) is 5.91 Å². The van der Waals surface area contributed by atoms with Gasteiger partial charge in [0.1, 0.15) is 11.6 Å². The lowest BCUT2D eigenvalue weighted by atomic mass is 9.87. The van der Waals surface area contributed by atoms with E-state index >= 15 is 0 Å². The van der Waals surface area contributed by atoms with Crippen molar-refractivity contribution in [3.05, 3.63) is 65.5 Å². The summed E-state index contributed by atoms with van der Waals surface area (Å²) in [5.41, 5.74) is 0.833. The number of nitrogens with one attached hydrogen (secondary N) is 1. The van der Waals surface area contributed by atoms with Crippen molar-refractivity contribution in [2.24, 2.45) is 0 Å². The number of para-hydroxylation sites is 1. The molecule has 24 heavy (non-hydrogen) atoms. The second-order valence-electron chi connectivity index (χ2n) is 6.31. The third-order valence-electron chi connectivity index (χ3n) is 4.77. The van der Waals surface area contributed by atoms with E-state index < -0.39 is 5.54 Å². The Bertz CT molecular complexity index is 723. The average molecular weight is 327 g/mol. The van der Waals surface area contributed by atoms with Gasteiger partial charge in [0, 0.05) is 11.1 Å². The van der Waals surface area contributed by atoms with Gasteiger partial charge in [-0.05, 0) is 25.0 Å². The number of benzene rings is 2. The van der Waals surface area contributed by atoms with E-state index in [2.05, 4.69) is 5.32 Å². The molecular formula is C20H22FNO2. The summed E-state index contributed by atoms with van der Waals surface area (Å²) in [5, 5.41) is 3.11. The highest BCUT2D eigenvalue weighted by molar-refractivity contribution is 5.80. The molecule has 0 atom stereocenters. The molecule has 1 N–H and O–H groups in total. The molecule has 3 rings (SSSR count). The first-order valence-electron chi connectivity index (χ1n) is 8.32. The maximum atomic E-state index is 14.3. The number of hydrogen-bond donors (Lipinski definition) is 1. The fraction of sp³-hybridized carbons (Fsp3) is 0.350. The first kappa shape index (κ1) is 16.5. The molecule has 1 amide bonds. The third kappa shape index (κ3) is 3.28. The van der Waals surface area contributed by atoms with Crippen molar-refractivity contribution in [2.45, 2.75) is 37.6 Å². The summed E-state index contributed by atoms with van der Waals surface area (Å²) in [6.45, 7) is 0. The molecule has 3 nitrogen and oxygen atoms in total. The van der Waals surface area contributed by atoms with Gasteiger partial charge < -0.3 is 10.1 Å². The smallest absolute Gasteiger partial charge is 0.225 e. The molecule has 0 aliphatic heterocycles. The number of ether oxygens (including phenoxy) is 1. The maximum Gasteiger partial charge on any atom is 0.225 e. The topological polar surface area (TPSA) is 38.3 Å². The van der Waals surface area contributed by atoms with Crippen LogP contribution in [0.3, 0.4) is 0 Å². The molecule has 2 aromatic rings. The van der Waals surface area contributed by atoms with Gasteiger partial charge in [-0.15, -0.1) is 0 Å². The highest BCUT2D eigenvalue weighted by atomic mass is 19.1. The van der Waals surface area contributed by atoms with E-state index in [1.54, 1.807) is 19.2 Å². The predicted molar refractivity (Wildman–Crippen MR) is 91.4 cm³/mol. The Hall–Kier alpha value is -2.36. The van der Waals surface area contributed by atoms with E-state index in [4.69, 9.17) is 4.74 Å². The summed E-state index contributed by atoms with van der Waals surface area (Å²) in [7, 11) is 1.59. The molecule has 0 unspecified atom stereocenters. The molecule has 0 radical (unpaired) electrons. The first-order valence-corrected chi connectivity index (χ1v) is 8.32. The standard InChI is InChI=1S/C20H22FNO2/c1-24-18-11-5-2-8-15(18)14-19(23)22-20(12-6-7-13-20)16-9-3-4-10-17(16)21/h2-5,8-11H,6-7,12-14H2,1H3,(H,22,23). The normalized spacial score (nSPS) is 15.9. The number of carbonyl (C=O) groups excluding carboxylic acids is 1. The molecule has 126 valence electrons. The van der Waals surface area contributed by atoms with E-state index in [0.29, 0.717) is 11.3 Å². The van der Waals surface area contributed by atoms with Crippen LogP contribution in [0.25, 0.3) is 0 Å². The number of halogens is 1. The van der Waals surface area contributed by atoms with Crippen LogP contribution >= 0.6 is 0 Å². The third-order valence-corrected chi connectivity index (χ3v) is 4.77. The summed E-state index contributed by atoms with van der Waals surface area (Å²) < 4.78 is 19.6. The quantitative estimate of drug-likeness (QED) is 0.902. The fourth-order valence-electron chi connectivity index (χ4n) is 3.62. The zero-order valence-corrected chi connectivity index (χ0v) is 13.8. The second-order valence-corrected chi connectivity index (χ2v) is 6.31. The summed E-state index contributed by atoms with van der Waals surface area (Å²) >= 11 is 0. The minimum Gasteiger partial charge on any atom is -0.496 e. The zero-order chi connectivity index (χ0) is 17.0. The molecule has 1 saturated carbocycles. The Balaban J connectivity index is 1.82. The number of rotatable bonds is 5. The lowest BCUT2D eigenvalue weighted by Gasteiger charge is -2.31. The van der Waals surface area contributed by atoms with Crippen molar-refractivity contribution in [3.8, 4) is 5.75 Å². The maximum absolute atomic E-state index is 14.3. The van der Waals surface area contributed by atoms with Crippen LogP contribution in [0.4, 0.5) is 4.39 Å². The van der Waals surface area contributed by atoms with Crippen molar-refractivity contribution in [1.29, 1.82) is 0 Å². The molecule has 0 spiro atoms. The Labute approximate surface area is 141 Å². The van der Waals surface area contributed by atoms with Crippen molar-refractivity contribution in [1.82, 2.24) is 5.32 Å². The molecule has 0 saturated heterocycles. The van der Waals surface area contributed by atoms with Crippen LogP contribution in [0.2, 0.25) is 0 Å². The Morgan fingerprint density at radius 2 is 1.79 bits per heavy atom. The van der Waals surface area contributed by atoms with E-state index in [-0.39, 0.29) is 18.1 Å². The van der Waals surface area contributed by atoms with Gasteiger partial charge in [-0.1, -0.05) is 49.2 Å². The zero-order valence-electron chi connectivity index (χ0n) is 13.8. The van der Waals surface area contributed by atoms with Crippen LogP contribution in [0.5, 0.6) is 5.75 Å². The minimum absolute atomic E-state index is 0.107. The fourth-order valence-corrected chi connectivity index (χ4v) is 3.62. The summed E-state index contributed by atoms with van der Waals surface area (Å²) in [6, 6.07) is 14.2. The summed E-state index contributed by atoms with van der Waals surface area (Å²) in [4.78, 5) is 12.6. The van der Waals surface area contributed by atoms with Crippen LogP contribution in [0, 0.1) is 5.82 Å². The number of carbonyl (C=O) groups is 1. The van der Waals surface area contributed by atoms with Crippen LogP contribution in [-0.2, 0) is 16.8 Å². The number of methoxy groups -OCH3 is 1. The molecule has 2 aromatic carbocycles. The average Bonchev–Trinajstić information content (AvgIpc) is 3.05. The molecule has 1 aliphatic rings. The van der Waals surface area contributed by atoms with Crippen molar-refractivity contribution >= 4 is 5.91 Å². The van der Waals surface area contributed by atoms with Gasteiger partial charge in [0.05, 0.1) is 19.1 Å². The largest absolute Gasteiger partial charge is 0.496 e. The molecule has 0 aromatic heterocycles. The van der Waals surface area contributed by atoms with Crippen molar-refractivity contribution in [3.63, 3.8) is 0 Å². The molecule has 1 aliphatic carbocycles. The molecule has 0 heterocycles. The number of hydrogen-bond acceptors (Lipinski definition) is 2. The van der Waals surface area contributed by atoms with Gasteiger partial charge in [-0.25, -0.2) is 4.39 Å². The van der Waals surface area contributed by atoms with Gasteiger partial charge in [0.25, 0.3) is 0 Å². The Kier molecular flexibility index (Phi) is 4.84. The SMILES string of the molecule is COc1ccccc1CC(=O)NC1(c2ccccc2F)CCCC1. The Morgan fingerprint density at radius 1 is 1.12 bits per heavy atom. The van der Waals surface area contributed by atoms with Crippen LogP contribution < -0.4 is 10.1 Å². The predicted octanol–water partition coefficient (Wildman–Crippen LogP) is 3.96. The monoisotopic (exact) mass is 327 g/mol. The lowest BCUT2D eigenvalue weighted by Crippen LogP contribution is -2.45. The Morgan fingerprint density at radius 3 is 2.50 bits per heavy atom. The summed E-state index contributed by atoms with van der Waals surface area (Å²) in [6.07, 6.45) is 3.74. The molecule has 1 fully saturated rings. The number of amides is 1. The second kappa shape index (κ2) is 7.04. The van der Waals surface area contributed by atoms with Gasteiger partial charge >= 0.3 is 0 Å². The van der Waals surface area contributed by atoms with Crippen LogP contribution in [0.15, 0.2) is 48.5 Å². The first-order chi connectivity index (χ1) is 11.6. The highest BCUT2D eigenvalue weighted by Crippen LogP contribution is 2.40.